The third-order valence-corrected chi connectivity index (χ3v) is 6.18. The fraction of sp³-hybridized carbons (Fsp3) is 0.467. The molecule has 2 N–H and O–H groups in total. The molecule has 0 bridgehead atoms. The number of carboxylic acid groups (broad SMARTS) is 1. The Balaban J connectivity index is 3.35. The maximum absolute atomic E-state index is 11.9. The van der Waals surface area contributed by atoms with Crippen molar-refractivity contribution < 1.29 is 36.3 Å². The molecule has 0 saturated heterocycles. The molecular formula is C15H22N2O8S2. The van der Waals surface area contributed by atoms with Crippen molar-refractivity contribution in [1.29, 1.82) is 0 Å². The average Bonchev–Trinajstić information content (AvgIpc) is 2.39. The maximum atomic E-state index is 11.9. The number of benzene rings is 1. The lowest BCUT2D eigenvalue weighted by atomic mass is 10.1. The summed E-state index contributed by atoms with van der Waals surface area (Å²) in [6, 6.07) is 3.25. The van der Waals surface area contributed by atoms with Crippen LogP contribution in [0.25, 0.3) is 0 Å². The van der Waals surface area contributed by atoms with E-state index in [9.17, 15) is 31.5 Å². The Bertz CT molecular complexity index is 901. The molecule has 0 saturated carbocycles. The number of hydrogen-bond acceptors (Lipinski definition) is 7. The first-order chi connectivity index (χ1) is 12.0. The summed E-state index contributed by atoms with van der Waals surface area (Å²) in [6.45, 7) is 4.79. The summed E-state index contributed by atoms with van der Waals surface area (Å²) in [5, 5.41) is 11.6. The standard InChI is InChI=1S/C15H22N2O8S2/c1-15(2,3)25-14(20)16-12(13(18)19)10-7-6-8-11(9-10)17(26(4,21)22)27(5,23)24/h6-9,12H,1-5H3,(H,16,20)(H,18,19). The van der Waals surface area contributed by atoms with Gasteiger partial charge in [0.25, 0.3) is 0 Å². The van der Waals surface area contributed by atoms with Crippen LogP contribution in [-0.2, 0) is 29.6 Å². The van der Waals surface area contributed by atoms with Gasteiger partial charge in [-0.1, -0.05) is 12.1 Å². The second-order valence-electron chi connectivity index (χ2n) is 6.74. The molecule has 0 aliphatic heterocycles. The molecule has 0 heterocycles. The number of aliphatic carboxylic acids is 1. The largest absolute Gasteiger partial charge is 0.479 e. The van der Waals surface area contributed by atoms with E-state index in [-0.39, 0.29) is 15.0 Å². The third-order valence-electron chi connectivity index (χ3n) is 2.92. The summed E-state index contributed by atoms with van der Waals surface area (Å²) in [7, 11) is -8.40. The molecule has 1 amide bonds. The van der Waals surface area contributed by atoms with Gasteiger partial charge < -0.3 is 15.2 Å². The van der Waals surface area contributed by atoms with E-state index < -0.39 is 43.8 Å². The van der Waals surface area contributed by atoms with Crippen LogP contribution in [0.15, 0.2) is 24.3 Å². The smallest absolute Gasteiger partial charge is 0.408 e. The Morgan fingerprint density at radius 2 is 1.63 bits per heavy atom. The van der Waals surface area contributed by atoms with E-state index in [0.717, 1.165) is 6.07 Å². The summed E-state index contributed by atoms with van der Waals surface area (Å²) >= 11 is 0. The zero-order valence-electron chi connectivity index (χ0n) is 15.5. The molecule has 0 aliphatic carbocycles. The lowest BCUT2D eigenvalue weighted by Crippen LogP contribution is -2.38. The number of amides is 1. The van der Waals surface area contributed by atoms with Crippen LogP contribution < -0.4 is 9.03 Å². The third kappa shape index (κ3) is 6.71. The van der Waals surface area contributed by atoms with Gasteiger partial charge in [0.2, 0.25) is 20.0 Å². The van der Waals surface area contributed by atoms with Crippen LogP contribution in [0.5, 0.6) is 0 Å². The molecule has 0 fully saturated rings. The first-order valence-corrected chi connectivity index (χ1v) is 11.2. The molecule has 0 aromatic heterocycles. The highest BCUT2D eigenvalue weighted by Crippen LogP contribution is 2.25. The lowest BCUT2D eigenvalue weighted by molar-refractivity contribution is -0.139. The number of carbonyl (C=O) groups excluding carboxylic acids is 1. The number of ether oxygens (including phenoxy) is 1. The minimum absolute atomic E-state index is 0.0387. The van der Waals surface area contributed by atoms with E-state index in [4.69, 9.17) is 4.74 Å². The summed E-state index contributed by atoms with van der Waals surface area (Å²) in [6.07, 6.45) is 0.409. The number of carboxylic acids is 1. The molecule has 12 heteroatoms. The van der Waals surface area contributed by atoms with Gasteiger partial charge in [-0.25, -0.2) is 26.4 Å². The van der Waals surface area contributed by atoms with Gasteiger partial charge in [-0.05, 0) is 38.5 Å². The second-order valence-corrected chi connectivity index (χ2v) is 10.6. The number of alkyl carbamates (subject to hydrolysis) is 1. The van der Waals surface area contributed by atoms with Crippen LogP contribution in [0.1, 0.15) is 32.4 Å². The monoisotopic (exact) mass is 422 g/mol. The van der Waals surface area contributed by atoms with Crippen molar-refractivity contribution in [3.05, 3.63) is 29.8 Å². The van der Waals surface area contributed by atoms with Crippen molar-refractivity contribution in [2.45, 2.75) is 32.4 Å². The van der Waals surface area contributed by atoms with E-state index in [0.29, 0.717) is 12.5 Å². The summed E-state index contributed by atoms with van der Waals surface area (Å²) in [4.78, 5) is 23.4. The highest BCUT2D eigenvalue weighted by molar-refractivity contribution is 8.09. The lowest BCUT2D eigenvalue weighted by Gasteiger charge is -2.23. The number of carbonyl (C=O) groups is 2. The van der Waals surface area contributed by atoms with E-state index in [1.165, 1.54) is 18.2 Å². The number of hydrogen-bond donors (Lipinski definition) is 2. The molecule has 0 radical (unpaired) electrons. The molecule has 1 unspecified atom stereocenters. The fourth-order valence-electron chi connectivity index (χ4n) is 2.16. The van der Waals surface area contributed by atoms with Crippen molar-refractivity contribution in [3.8, 4) is 0 Å². The van der Waals surface area contributed by atoms with Crippen molar-refractivity contribution in [2.24, 2.45) is 0 Å². The Hall–Kier alpha value is -2.34. The molecule has 152 valence electrons. The van der Waals surface area contributed by atoms with Crippen LogP contribution >= 0.6 is 0 Å². The summed E-state index contributed by atoms with van der Waals surface area (Å²) < 4.78 is 52.7. The molecular weight excluding hydrogens is 400 g/mol. The number of sulfonamides is 2. The van der Waals surface area contributed by atoms with Gasteiger partial charge in [-0.3, -0.25) is 0 Å². The van der Waals surface area contributed by atoms with Crippen molar-refractivity contribution in [2.75, 3.05) is 16.2 Å². The van der Waals surface area contributed by atoms with Gasteiger partial charge in [0.1, 0.15) is 5.60 Å². The topological polar surface area (TPSA) is 147 Å². The number of nitrogens with zero attached hydrogens (tertiary/aromatic N) is 1. The Morgan fingerprint density at radius 3 is 2.04 bits per heavy atom. The first kappa shape index (κ1) is 22.7. The van der Waals surface area contributed by atoms with Gasteiger partial charge in [-0.15, -0.1) is 0 Å². The molecule has 1 aromatic rings. The number of rotatable bonds is 6. The highest BCUT2D eigenvalue weighted by atomic mass is 32.3. The van der Waals surface area contributed by atoms with Gasteiger partial charge in [0, 0.05) is 0 Å². The molecule has 1 rings (SSSR count). The van der Waals surface area contributed by atoms with Crippen LogP contribution in [0.4, 0.5) is 10.5 Å². The van der Waals surface area contributed by atoms with Crippen LogP contribution in [-0.4, -0.2) is 52.1 Å². The molecule has 27 heavy (non-hydrogen) atoms. The van der Waals surface area contributed by atoms with Crippen molar-refractivity contribution in [3.63, 3.8) is 0 Å². The Kier molecular flexibility index (Phi) is 6.49. The summed E-state index contributed by atoms with van der Waals surface area (Å²) in [5.41, 5.74) is -1.18. The first-order valence-electron chi connectivity index (χ1n) is 7.55. The van der Waals surface area contributed by atoms with E-state index in [2.05, 4.69) is 5.32 Å². The number of nitrogens with one attached hydrogen (secondary N) is 1. The molecule has 0 aliphatic rings. The summed E-state index contributed by atoms with van der Waals surface area (Å²) in [5.74, 6) is -1.44. The maximum Gasteiger partial charge on any atom is 0.408 e. The van der Waals surface area contributed by atoms with E-state index in [1.54, 1.807) is 20.8 Å². The average molecular weight is 422 g/mol. The zero-order chi connectivity index (χ0) is 21.2. The molecule has 1 atom stereocenters. The minimum Gasteiger partial charge on any atom is -0.479 e. The van der Waals surface area contributed by atoms with E-state index >= 15 is 0 Å². The zero-order valence-corrected chi connectivity index (χ0v) is 17.1. The highest BCUT2D eigenvalue weighted by Gasteiger charge is 2.30. The van der Waals surface area contributed by atoms with Gasteiger partial charge in [0.05, 0.1) is 18.2 Å². The predicted octanol–water partition coefficient (Wildman–Crippen LogP) is 1.06. The van der Waals surface area contributed by atoms with Gasteiger partial charge >= 0.3 is 12.1 Å². The SMILES string of the molecule is CC(C)(C)OC(=O)NC(C(=O)O)c1cccc(N(S(C)(=O)=O)S(C)(=O)=O)c1. The van der Waals surface area contributed by atoms with Crippen molar-refractivity contribution in [1.82, 2.24) is 5.32 Å². The van der Waals surface area contributed by atoms with Crippen LogP contribution in [0, 0.1) is 0 Å². The second kappa shape index (κ2) is 7.72. The van der Waals surface area contributed by atoms with Crippen LogP contribution in [0.3, 0.4) is 0 Å². The molecule has 0 spiro atoms. The molecule has 10 nitrogen and oxygen atoms in total. The Morgan fingerprint density at radius 1 is 1.11 bits per heavy atom. The normalized spacial score (nSPS) is 13.5. The van der Waals surface area contributed by atoms with E-state index in [1.807, 2.05) is 0 Å². The Labute approximate surface area is 158 Å². The fourth-order valence-corrected chi connectivity index (χ4v) is 5.12. The van der Waals surface area contributed by atoms with Crippen molar-refractivity contribution >= 4 is 37.8 Å². The van der Waals surface area contributed by atoms with Gasteiger partial charge in [-0.2, -0.15) is 3.71 Å². The predicted molar refractivity (Wildman–Crippen MR) is 98.4 cm³/mol. The minimum atomic E-state index is -4.20. The molecule has 1 aromatic carbocycles. The number of anilines is 1. The van der Waals surface area contributed by atoms with Crippen LogP contribution in [0.2, 0.25) is 0 Å². The quantitative estimate of drug-likeness (QED) is 0.692. The van der Waals surface area contributed by atoms with Gasteiger partial charge in [0.15, 0.2) is 6.04 Å².